The average molecular weight is 338 g/mol. The van der Waals surface area contributed by atoms with Crippen LogP contribution in [0.2, 0.25) is 0 Å². The quantitative estimate of drug-likeness (QED) is 0.807. The first kappa shape index (κ1) is 20.2. The molecule has 0 radical (unpaired) electrons. The molecule has 1 rings (SSSR count). The van der Waals surface area contributed by atoms with E-state index in [1.54, 1.807) is 20.8 Å². The van der Waals surface area contributed by atoms with E-state index in [0.29, 0.717) is 12.8 Å². The zero-order valence-corrected chi connectivity index (χ0v) is 15.6. The van der Waals surface area contributed by atoms with Gasteiger partial charge >= 0.3 is 6.09 Å². The Bertz CT molecular complexity index is 520. The molecule has 1 N–H and O–H groups in total. The first-order valence-corrected chi connectivity index (χ1v) is 8.65. The van der Waals surface area contributed by atoms with E-state index in [2.05, 4.69) is 5.32 Å². The molecule has 6 nitrogen and oxygen atoms in total. The lowest BCUT2D eigenvalue weighted by Crippen LogP contribution is -2.52. The minimum atomic E-state index is -0.757. The molecule has 1 aliphatic rings. The second-order valence-corrected chi connectivity index (χ2v) is 7.23. The molecule has 0 fully saturated rings. The van der Waals surface area contributed by atoms with Crippen LogP contribution in [0.15, 0.2) is 11.6 Å². The lowest BCUT2D eigenvalue weighted by Gasteiger charge is -2.29. The second-order valence-electron chi connectivity index (χ2n) is 7.23. The molecule has 0 aromatic carbocycles. The highest BCUT2D eigenvalue weighted by molar-refractivity contribution is 6.06. The summed E-state index contributed by atoms with van der Waals surface area (Å²) in [7, 11) is 0. The minimum Gasteiger partial charge on any atom is -0.444 e. The highest BCUT2D eigenvalue weighted by atomic mass is 16.6. The van der Waals surface area contributed by atoms with E-state index in [1.165, 1.54) is 11.0 Å². The van der Waals surface area contributed by atoms with Crippen molar-refractivity contribution in [2.24, 2.45) is 0 Å². The third kappa shape index (κ3) is 5.35. The van der Waals surface area contributed by atoms with Crippen molar-refractivity contribution >= 4 is 17.9 Å². The normalized spacial score (nSPS) is 19.1. The van der Waals surface area contributed by atoms with Crippen LogP contribution < -0.4 is 5.32 Å². The summed E-state index contributed by atoms with van der Waals surface area (Å²) in [4.78, 5) is 38.4. The molecule has 0 aliphatic carbocycles. The molecule has 1 aliphatic heterocycles. The predicted octanol–water partition coefficient (Wildman–Crippen LogP) is 3.16. The number of carbonyl (C=O) groups excluding carboxylic acids is 3. The number of ether oxygens (including phenoxy) is 1. The molecule has 0 saturated heterocycles. The van der Waals surface area contributed by atoms with Gasteiger partial charge in [-0.1, -0.05) is 26.7 Å². The molecule has 0 unspecified atom stereocenters. The summed E-state index contributed by atoms with van der Waals surface area (Å²) in [6, 6.07) is -0.970. The molecule has 0 aromatic rings. The molecule has 24 heavy (non-hydrogen) atoms. The number of carbonyl (C=O) groups is 3. The minimum absolute atomic E-state index is 0.213. The number of nitrogens with one attached hydrogen (secondary N) is 1. The van der Waals surface area contributed by atoms with Crippen molar-refractivity contribution in [1.29, 1.82) is 0 Å². The summed E-state index contributed by atoms with van der Waals surface area (Å²) in [5.41, 5.74) is 0.249. The third-order valence-corrected chi connectivity index (χ3v) is 3.79. The molecule has 3 amide bonds. The van der Waals surface area contributed by atoms with Crippen LogP contribution in [0, 0.1) is 0 Å². The number of rotatable bonds is 6. The summed E-state index contributed by atoms with van der Waals surface area (Å²) in [5.74, 6) is -0.665. The Labute approximate surface area is 144 Å². The van der Waals surface area contributed by atoms with E-state index in [-0.39, 0.29) is 17.9 Å². The van der Waals surface area contributed by atoms with Crippen LogP contribution >= 0.6 is 0 Å². The number of nitrogens with zero attached hydrogens (tertiary/aromatic N) is 1. The number of hydrogen-bond acceptors (Lipinski definition) is 4. The van der Waals surface area contributed by atoms with Gasteiger partial charge in [-0.2, -0.15) is 0 Å². The van der Waals surface area contributed by atoms with E-state index >= 15 is 0 Å². The van der Waals surface area contributed by atoms with Gasteiger partial charge in [-0.25, -0.2) is 4.79 Å². The van der Waals surface area contributed by atoms with Gasteiger partial charge in [0, 0.05) is 6.08 Å². The van der Waals surface area contributed by atoms with Crippen LogP contribution in [0.4, 0.5) is 4.79 Å². The van der Waals surface area contributed by atoms with Gasteiger partial charge in [-0.3, -0.25) is 14.5 Å². The van der Waals surface area contributed by atoms with Gasteiger partial charge < -0.3 is 10.1 Å². The van der Waals surface area contributed by atoms with Gasteiger partial charge in [0.25, 0.3) is 11.8 Å². The van der Waals surface area contributed by atoms with Crippen molar-refractivity contribution in [2.45, 2.75) is 84.9 Å². The molecule has 0 spiro atoms. The van der Waals surface area contributed by atoms with Crippen molar-refractivity contribution in [3.05, 3.63) is 11.6 Å². The van der Waals surface area contributed by atoms with Gasteiger partial charge in [-0.15, -0.1) is 0 Å². The fourth-order valence-corrected chi connectivity index (χ4v) is 2.77. The standard InChI is InChI=1S/C18H30N2O4/c1-7-9-13(19-17(23)24-18(4,5)6)16(22)20-14(10-8-2)12(3)11-15(20)21/h11,13-14H,7-10H2,1-6H3,(H,19,23)/t13-,14-/m1/s1. The Balaban J connectivity index is 2.89. The van der Waals surface area contributed by atoms with E-state index in [0.717, 1.165) is 18.4 Å². The predicted molar refractivity (Wildman–Crippen MR) is 92.4 cm³/mol. The lowest BCUT2D eigenvalue weighted by molar-refractivity contribution is -0.144. The lowest BCUT2D eigenvalue weighted by atomic mass is 10.0. The van der Waals surface area contributed by atoms with Crippen LogP contribution in [0.25, 0.3) is 0 Å². The number of alkyl carbamates (subject to hydrolysis) is 1. The van der Waals surface area contributed by atoms with E-state index in [1.807, 2.05) is 20.8 Å². The fraction of sp³-hybridized carbons (Fsp3) is 0.722. The molecular weight excluding hydrogens is 308 g/mol. The summed E-state index contributed by atoms with van der Waals surface area (Å²) < 4.78 is 5.23. The van der Waals surface area contributed by atoms with Crippen molar-refractivity contribution in [3.8, 4) is 0 Å². The fourth-order valence-electron chi connectivity index (χ4n) is 2.77. The molecule has 2 atom stereocenters. The molecule has 1 heterocycles. The highest BCUT2D eigenvalue weighted by Crippen LogP contribution is 2.24. The van der Waals surface area contributed by atoms with Crippen LogP contribution in [0.5, 0.6) is 0 Å². The summed E-state index contributed by atoms with van der Waals surface area (Å²) in [6.45, 7) is 11.1. The third-order valence-electron chi connectivity index (χ3n) is 3.79. The van der Waals surface area contributed by atoms with Crippen molar-refractivity contribution < 1.29 is 19.1 Å². The van der Waals surface area contributed by atoms with Crippen LogP contribution in [-0.2, 0) is 14.3 Å². The van der Waals surface area contributed by atoms with E-state index in [4.69, 9.17) is 4.74 Å². The topological polar surface area (TPSA) is 75.7 Å². The zero-order valence-electron chi connectivity index (χ0n) is 15.6. The van der Waals surface area contributed by atoms with Crippen LogP contribution in [-0.4, -0.2) is 40.5 Å². The smallest absolute Gasteiger partial charge is 0.408 e. The Hall–Kier alpha value is -1.85. The van der Waals surface area contributed by atoms with Gasteiger partial charge in [0.1, 0.15) is 11.6 Å². The van der Waals surface area contributed by atoms with Crippen molar-refractivity contribution in [2.75, 3.05) is 0 Å². The Kier molecular flexibility index (Phi) is 6.99. The SMILES string of the molecule is CCC[C@@H]1C(C)=CC(=O)N1C(=O)[C@@H](CCC)NC(=O)OC(C)(C)C. The maximum Gasteiger partial charge on any atom is 0.408 e. The van der Waals surface area contributed by atoms with E-state index in [9.17, 15) is 14.4 Å². The second kappa shape index (κ2) is 8.31. The van der Waals surface area contributed by atoms with Crippen molar-refractivity contribution in [3.63, 3.8) is 0 Å². The zero-order chi connectivity index (χ0) is 18.5. The Morgan fingerprint density at radius 1 is 1.29 bits per heavy atom. The Morgan fingerprint density at radius 3 is 2.42 bits per heavy atom. The highest BCUT2D eigenvalue weighted by Gasteiger charge is 2.38. The summed E-state index contributed by atoms with van der Waals surface area (Å²) in [6.07, 6.45) is 3.63. The van der Waals surface area contributed by atoms with Gasteiger partial charge in [0.2, 0.25) is 0 Å². The molecule has 136 valence electrons. The van der Waals surface area contributed by atoms with Gasteiger partial charge in [0.15, 0.2) is 0 Å². The maximum absolute atomic E-state index is 12.9. The van der Waals surface area contributed by atoms with Gasteiger partial charge in [-0.05, 0) is 46.1 Å². The van der Waals surface area contributed by atoms with Crippen molar-refractivity contribution in [1.82, 2.24) is 10.2 Å². The number of hydrogen-bond donors (Lipinski definition) is 1. The summed E-state index contributed by atoms with van der Waals surface area (Å²) >= 11 is 0. The van der Waals surface area contributed by atoms with Crippen LogP contribution in [0.3, 0.4) is 0 Å². The molecule has 6 heteroatoms. The molecule has 0 bridgehead atoms. The van der Waals surface area contributed by atoms with Crippen LogP contribution in [0.1, 0.15) is 67.2 Å². The van der Waals surface area contributed by atoms with Gasteiger partial charge in [0.05, 0.1) is 6.04 Å². The first-order chi connectivity index (χ1) is 11.1. The Morgan fingerprint density at radius 2 is 1.92 bits per heavy atom. The largest absolute Gasteiger partial charge is 0.444 e. The average Bonchev–Trinajstić information content (AvgIpc) is 2.70. The molecule has 0 saturated carbocycles. The molecule has 0 aromatic heterocycles. The number of imide groups is 1. The first-order valence-electron chi connectivity index (χ1n) is 8.65. The molecular formula is C18H30N2O4. The maximum atomic E-state index is 12.9. The van der Waals surface area contributed by atoms with E-state index < -0.39 is 17.7 Å². The summed E-state index contributed by atoms with van der Waals surface area (Å²) in [5, 5.41) is 2.62. The number of amides is 3. The monoisotopic (exact) mass is 338 g/mol.